The number of halogens is 2. The van der Waals surface area contributed by atoms with E-state index in [1.165, 1.54) is 25.6 Å². The molecule has 0 radical (unpaired) electrons. The van der Waals surface area contributed by atoms with E-state index >= 15 is 0 Å². The third kappa shape index (κ3) is 6.09. The van der Waals surface area contributed by atoms with Crippen molar-refractivity contribution in [1.82, 2.24) is 25.6 Å². The van der Waals surface area contributed by atoms with Gasteiger partial charge in [0, 0.05) is 36.0 Å². The van der Waals surface area contributed by atoms with Crippen LogP contribution >= 0.6 is 0 Å². The molecule has 2 aliphatic rings. The van der Waals surface area contributed by atoms with Crippen LogP contribution in [0.25, 0.3) is 22.3 Å². The van der Waals surface area contributed by atoms with Gasteiger partial charge in [-0.15, -0.1) is 0 Å². The van der Waals surface area contributed by atoms with E-state index < -0.39 is 6.43 Å². The van der Waals surface area contributed by atoms with E-state index in [0.29, 0.717) is 58.2 Å². The highest BCUT2D eigenvalue weighted by atomic mass is 19.3. The summed E-state index contributed by atoms with van der Waals surface area (Å²) in [5, 5.41) is 6.14. The molecule has 40 heavy (non-hydrogen) atoms. The van der Waals surface area contributed by atoms with Crippen LogP contribution in [0.1, 0.15) is 67.1 Å². The molecule has 2 heterocycles. The molecule has 2 aromatic heterocycles. The Balaban J connectivity index is 1.38. The molecule has 5 rings (SSSR count). The molecule has 0 saturated heterocycles. The summed E-state index contributed by atoms with van der Waals surface area (Å²) in [6.07, 6.45) is 3.07. The summed E-state index contributed by atoms with van der Waals surface area (Å²) in [6, 6.07) is 4.30. The van der Waals surface area contributed by atoms with Crippen molar-refractivity contribution in [3.8, 4) is 17.0 Å². The summed E-state index contributed by atoms with van der Waals surface area (Å²) in [5.41, 5.74) is 2.61. The molecular formula is C29H35F2N5O4. The fourth-order valence-electron chi connectivity index (χ4n) is 5.47. The summed E-state index contributed by atoms with van der Waals surface area (Å²) in [5.74, 6) is 0.716. The van der Waals surface area contributed by atoms with Crippen molar-refractivity contribution < 1.29 is 27.8 Å². The number of carbonyl (C=O) groups excluding carboxylic acids is 2. The number of aromatic amines is 1. The van der Waals surface area contributed by atoms with Gasteiger partial charge in [0.05, 0.1) is 17.7 Å². The molecule has 2 aliphatic carbocycles. The maximum atomic E-state index is 13.6. The number of carbonyl (C=O) groups is 2. The Bertz CT molecular complexity index is 1390. The molecule has 2 fully saturated rings. The summed E-state index contributed by atoms with van der Waals surface area (Å²) in [4.78, 5) is 37.5. The number of aromatic nitrogens is 3. The van der Waals surface area contributed by atoms with Gasteiger partial charge >= 0.3 is 0 Å². The van der Waals surface area contributed by atoms with Crippen LogP contribution in [0.5, 0.6) is 5.75 Å². The number of alkyl halides is 2. The second-order valence-electron chi connectivity index (χ2n) is 10.9. The van der Waals surface area contributed by atoms with Gasteiger partial charge in [-0.25, -0.2) is 18.7 Å². The van der Waals surface area contributed by atoms with Crippen LogP contribution in [0, 0.1) is 18.8 Å². The van der Waals surface area contributed by atoms with Crippen molar-refractivity contribution in [2.45, 2.75) is 64.5 Å². The van der Waals surface area contributed by atoms with Gasteiger partial charge in [0.15, 0.2) is 0 Å². The highest BCUT2D eigenvalue weighted by Gasteiger charge is 2.31. The summed E-state index contributed by atoms with van der Waals surface area (Å²) >= 11 is 0. The monoisotopic (exact) mass is 555 g/mol. The molecule has 214 valence electrons. The van der Waals surface area contributed by atoms with Crippen molar-refractivity contribution in [1.29, 1.82) is 0 Å². The molecule has 3 N–H and O–H groups in total. The maximum Gasteiger partial charge on any atom is 0.263 e. The summed E-state index contributed by atoms with van der Waals surface area (Å²) < 4.78 is 38.1. The lowest BCUT2D eigenvalue weighted by molar-refractivity contribution is -0.126. The summed E-state index contributed by atoms with van der Waals surface area (Å²) in [6.45, 7) is 4.38. The van der Waals surface area contributed by atoms with E-state index in [0.717, 1.165) is 25.7 Å². The predicted octanol–water partition coefficient (Wildman–Crippen LogP) is 4.71. The van der Waals surface area contributed by atoms with E-state index in [4.69, 9.17) is 9.47 Å². The lowest BCUT2D eigenvalue weighted by Crippen LogP contribution is -2.48. The van der Waals surface area contributed by atoms with E-state index in [-0.39, 0.29) is 42.0 Å². The van der Waals surface area contributed by atoms with Crippen molar-refractivity contribution >= 4 is 22.8 Å². The van der Waals surface area contributed by atoms with Crippen LogP contribution in [0.3, 0.4) is 0 Å². The molecule has 0 unspecified atom stereocenters. The zero-order valence-corrected chi connectivity index (χ0v) is 22.9. The number of ether oxygens (including phenoxy) is 2. The molecule has 0 spiro atoms. The molecule has 0 bridgehead atoms. The van der Waals surface area contributed by atoms with Crippen LogP contribution in [0.2, 0.25) is 0 Å². The van der Waals surface area contributed by atoms with Crippen LogP contribution in [0.15, 0.2) is 24.5 Å². The number of H-pyrrole nitrogens is 1. The Kier molecular flexibility index (Phi) is 8.30. The number of amides is 2. The average molecular weight is 556 g/mol. The van der Waals surface area contributed by atoms with Crippen molar-refractivity contribution in [2.75, 3.05) is 20.3 Å². The first-order valence-electron chi connectivity index (χ1n) is 13.7. The molecule has 1 aromatic carbocycles. The zero-order chi connectivity index (χ0) is 28.4. The Morgan fingerprint density at radius 1 is 1.15 bits per heavy atom. The molecule has 0 aliphatic heterocycles. The van der Waals surface area contributed by atoms with E-state index in [1.54, 1.807) is 13.0 Å². The van der Waals surface area contributed by atoms with Gasteiger partial charge in [0.1, 0.15) is 29.9 Å². The number of nitrogens with one attached hydrogen (secondary N) is 3. The fourth-order valence-corrected chi connectivity index (χ4v) is 5.47. The first kappa shape index (κ1) is 27.9. The minimum Gasteiger partial charge on any atom is -0.493 e. The molecular weight excluding hydrogens is 520 g/mol. The first-order valence-corrected chi connectivity index (χ1v) is 13.7. The molecule has 3 aromatic rings. The summed E-state index contributed by atoms with van der Waals surface area (Å²) in [7, 11) is 1.48. The smallest absolute Gasteiger partial charge is 0.263 e. The normalized spacial score (nSPS) is 21.0. The van der Waals surface area contributed by atoms with Gasteiger partial charge in [-0.1, -0.05) is 6.92 Å². The third-order valence-electron chi connectivity index (χ3n) is 7.81. The third-order valence-corrected chi connectivity index (χ3v) is 7.81. The number of nitrogens with zero attached hydrogens (tertiary/aromatic N) is 2. The van der Waals surface area contributed by atoms with Crippen LogP contribution in [-0.2, 0) is 9.53 Å². The number of hydrogen-bond donors (Lipinski definition) is 3. The highest BCUT2D eigenvalue weighted by molar-refractivity contribution is 6.09. The lowest BCUT2D eigenvalue weighted by Gasteiger charge is -2.35. The second kappa shape index (κ2) is 11.9. The fraction of sp³-hybridized carbons (Fsp3) is 0.517. The number of hydrogen-bond acceptors (Lipinski definition) is 6. The molecule has 9 nitrogen and oxygen atoms in total. The Morgan fingerprint density at radius 2 is 1.95 bits per heavy atom. The van der Waals surface area contributed by atoms with Crippen LogP contribution < -0.4 is 15.4 Å². The quantitative estimate of drug-likeness (QED) is 0.334. The topological polar surface area (TPSA) is 118 Å². The molecule has 3 atom stereocenters. The number of rotatable bonds is 10. The lowest BCUT2D eigenvalue weighted by atomic mass is 9.82. The van der Waals surface area contributed by atoms with E-state index in [9.17, 15) is 18.4 Å². The van der Waals surface area contributed by atoms with Gasteiger partial charge in [-0.05, 0) is 69.1 Å². The standard InChI is InChI=1S/C29H35F2N5O4/c1-15-10-19(7-8-21(15)36-23(37)13-39-3)35-29(38)24-16(2)34-27-25(32-14-33-26(24)27)20-11-18(28(30)31)6-9-22(20)40-12-17-4-5-17/h6,9,11,14-15,17,19,21,28,34H,4-5,7-8,10,12-13H2,1-3H3,(H,35,38)(H,36,37)/t15-,19-,21-/m1/s1. The van der Waals surface area contributed by atoms with E-state index in [1.807, 2.05) is 0 Å². The van der Waals surface area contributed by atoms with Crippen LogP contribution in [-0.4, -0.2) is 59.2 Å². The Hall–Kier alpha value is -3.60. The van der Waals surface area contributed by atoms with Gasteiger partial charge < -0.3 is 25.1 Å². The van der Waals surface area contributed by atoms with Gasteiger partial charge in [-0.3, -0.25) is 9.59 Å². The molecule has 2 saturated carbocycles. The second-order valence-corrected chi connectivity index (χ2v) is 10.9. The highest BCUT2D eigenvalue weighted by Crippen LogP contribution is 2.38. The Morgan fingerprint density at radius 3 is 2.65 bits per heavy atom. The number of benzene rings is 1. The first-order chi connectivity index (χ1) is 19.2. The van der Waals surface area contributed by atoms with E-state index in [2.05, 4.69) is 32.5 Å². The van der Waals surface area contributed by atoms with Crippen molar-refractivity contribution in [3.63, 3.8) is 0 Å². The largest absolute Gasteiger partial charge is 0.493 e. The maximum absolute atomic E-state index is 13.6. The zero-order valence-electron chi connectivity index (χ0n) is 22.9. The van der Waals surface area contributed by atoms with Gasteiger partial charge in [0.25, 0.3) is 12.3 Å². The van der Waals surface area contributed by atoms with Crippen molar-refractivity contribution in [3.05, 3.63) is 41.3 Å². The number of methoxy groups -OCH3 is 1. The SMILES string of the molecule is COCC(=O)N[C@@H]1CC[C@@H](NC(=O)c2c(C)[nH]c3c(-c4cc(C(F)F)ccc4OCC4CC4)ncnc23)C[C@H]1C. The minimum absolute atomic E-state index is 0.0215. The van der Waals surface area contributed by atoms with Crippen molar-refractivity contribution in [2.24, 2.45) is 11.8 Å². The van der Waals surface area contributed by atoms with Gasteiger partial charge in [-0.2, -0.15) is 0 Å². The average Bonchev–Trinajstić information content (AvgIpc) is 3.68. The number of fused-ring (bicyclic) bond motifs is 1. The molecule has 11 heteroatoms. The van der Waals surface area contributed by atoms with Crippen LogP contribution in [0.4, 0.5) is 8.78 Å². The number of aryl methyl sites for hydroxylation is 1. The predicted molar refractivity (Wildman–Crippen MR) is 145 cm³/mol. The Labute approximate surface area is 231 Å². The molecule has 2 amide bonds. The van der Waals surface area contributed by atoms with Gasteiger partial charge in [0.2, 0.25) is 5.91 Å². The minimum atomic E-state index is -2.65.